The molecule has 82 valence electrons. The van der Waals surface area contributed by atoms with Gasteiger partial charge in [0.05, 0.1) is 0 Å². The molecule has 2 N–H and O–H groups in total. The molecule has 0 saturated heterocycles. The Labute approximate surface area is 85.4 Å². The van der Waals surface area contributed by atoms with Crippen LogP contribution in [-0.2, 0) is 0 Å². The van der Waals surface area contributed by atoms with Crippen molar-refractivity contribution in [3.8, 4) is 0 Å². The van der Waals surface area contributed by atoms with Crippen molar-refractivity contribution in [1.82, 2.24) is 0 Å². The fourth-order valence-electron chi connectivity index (χ4n) is 0.371. The number of allylic oxidation sites excluding steroid dienone is 1. The van der Waals surface area contributed by atoms with Gasteiger partial charge in [0.25, 0.3) is 0 Å². The minimum atomic E-state index is 1.08. The molecule has 0 aromatic rings. The van der Waals surface area contributed by atoms with Crippen LogP contribution in [0.15, 0.2) is 12.7 Å². The second-order valence-corrected chi connectivity index (χ2v) is 2.76. The first kappa shape index (κ1) is 18.5. The second kappa shape index (κ2) is 22.6. The molecule has 1 saturated carbocycles. The normalized spacial score (nSPS) is 11.8. The Kier molecular flexibility index (Phi) is 32.1. The molecular formula is C12H29N. The van der Waals surface area contributed by atoms with Crippen LogP contribution >= 0.6 is 0 Å². The molecule has 1 nitrogen and oxygen atoms in total. The Hall–Kier alpha value is -0.300. The van der Waals surface area contributed by atoms with Crippen molar-refractivity contribution in [2.75, 3.05) is 7.05 Å². The summed E-state index contributed by atoms with van der Waals surface area (Å²) in [6, 6.07) is 0. The molecule has 1 aliphatic carbocycles. The lowest BCUT2D eigenvalue weighted by molar-refractivity contribution is 0.961. The zero-order valence-electron chi connectivity index (χ0n) is 10.3. The summed E-state index contributed by atoms with van der Waals surface area (Å²) in [5, 5.41) is 0. The summed E-state index contributed by atoms with van der Waals surface area (Å²) >= 11 is 0. The Balaban J connectivity index is -0.000000113. The van der Waals surface area contributed by atoms with E-state index in [9.17, 15) is 0 Å². The molecule has 13 heavy (non-hydrogen) atoms. The minimum Gasteiger partial charge on any atom is -0.333 e. The van der Waals surface area contributed by atoms with Crippen molar-refractivity contribution >= 4 is 0 Å². The van der Waals surface area contributed by atoms with E-state index in [2.05, 4.69) is 26.2 Å². The van der Waals surface area contributed by atoms with Crippen molar-refractivity contribution in [3.05, 3.63) is 12.7 Å². The van der Waals surface area contributed by atoms with E-state index >= 15 is 0 Å². The summed E-state index contributed by atoms with van der Waals surface area (Å²) in [5.74, 6) is 1.08. The predicted octanol–water partition coefficient (Wildman–Crippen LogP) is 3.99. The van der Waals surface area contributed by atoms with Gasteiger partial charge in [-0.2, -0.15) is 0 Å². The van der Waals surface area contributed by atoms with Crippen molar-refractivity contribution in [1.29, 1.82) is 0 Å². The van der Waals surface area contributed by atoms with E-state index in [1.165, 1.54) is 26.3 Å². The van der Waals surface area contributed by atoms with Gasteiger partial charge in [0.15, 0.2) is 0 Å². The quantitative estimate of drug-likeness (QED) is 0.650. The molecule has 1 fully saturated rings. The van der Waals surface area contributed by atoms with Crippen LogP contribution in [0.1, 0.15) is 53.4 Å². The third kappa shape index (κ3) is 49.8. The van der Waals surface area contributed by atoms with Crippen LogP contribution in [-0.4, -0.2) is 7.05 Å². The van der Waals surface area contributed by atoms with E-state index in [-0.39, 0.29) is 0 Å². The SMILES string of the molecule is C=CCCC.CC.CC1CC1.CN. The van der Waals surface area contributed by atoms with Crippen molar-refractivity contribution in [2.24, 2.45) is 11.7 Å². The Bertz CT molecular complexity index is 65.5. The molecule has 0 aromatic heterocycles. The van der Waals surface area contributed by atoms with E-state index in [4.69, 9.17) is 0 Å². The summed E-state index contributed by atoms with van der Waals surface area (Å²) < 4.78 is 0. The first-order valence-corrected chi connectivity index (χ1v) is 5.49. The first-order valence-electron chi connectivity index (χ1n) is 5.49. The third-order valence-corrected chi connectivity index (χ3v) is 1.36. The van der Waals surface area contributed by atoms with Crippen LogP contribution in [0.25, 0.3) is 0 Å². The van der Waals surface area contributed by atoms with Crippen LogP contribution in [0.2, 0.25) is 0 Å². The van der Waals surface area contributed by atoms with Crippen LogP contribution in [0.5, 0.6) is 0 Å². The van der Waals surface area contributed by atoms with E-state index < -0.39 is 0 Å². The van der Waals surface area contributed by atoms with Gasteiger partial charge in [0.2, 0.25) is 0 Å². The van der Waals surface area contributed by atoms with Crippen LogP contribution < -0.4 is 5.73 Å². The van der Waals surface area contributed by atoms with Gasteiger partial charge in [-0.15, -0.1) is 6.58 Å². The highest BCUT2D eigenvalue weighted by Crippen LogP contribution is 2.26. The highest BCUT2D eigenvalue weighted by Gasteiger charge is 2.12. The van der Waals surface area contributed by atoms with Gasteiger partial charge >= 0.3 is 0 Å². The summed E-state index contributed by atoms with van der Waals surface area (Å²) in [6.45, 7) is 12.0. The van der Waals surface area contributed by atoms with Crippen molar-refractivity contribution in [2.45, 2.75) is 53.4 Å². The monoisotopic (exact) mass is 187 g/mol. The number of nitrogens with two attached hydrogens (primary N) is 1. The van der Waals surface area contributed by atoms with Gasteiger partial charge < -0.3 is 5.73 Å². The zero-order chi connectivity index (χ0) is 11.1. The molecule has 0 aliphatic heterocycles. The van der Waals surface area contributed by atoms with Gasteiger partial charge in [-0.1, -0.05) is 53.0 Å². The zero-order valence-corrected chi connectivity index (χ0v) is 10.3. The fourth-order valence-corrected chi connectivity index (χ4v) is 0.371. The minimum absolute atomic E-state index is 1.08. The maximum Gasteiger partial charge on any atom is -0.0195 e. The molecule has 0 aromatic carbocycles. The van der Waals surface area contributed by atoms with Gasteiger partial charge in [-0.25, -0.2) is 0 Å². The van der Waals surface area contributed by atoms with Crippen molar-refractivity contribution < 1.29 is 0 Å². The van der Waals surface area contributed by atoms with E-state index in [0.717, 1.165) is 12.3 Å². The topological polar surface area (TPSA) is 26.0 Å². The summed E-state index contributed by atoms with van der Waals surface area (Å²) in [4.78, 5) is 0. The van der Waals surface area contributed by atoms with Gasteiger partial charge in [0, 0.05) is 0 Å². The fraction of sp³-hybridized carbons (Fsp3) is 0.833. The number of rotatable bonds is 2. The highest BCUT2D eigenvalue weighted by atomic mass is 14.4. The van der Waals surface area contributed by atoms with E-state index in [0.29, 0.717) is 0 Å². The van der Waals surface area contributed by atoms with Gasteiger partial charge in [-0.05, 0) is 19.4 Å². The molecule has 0 amide bonds. The van der Waals surface area contributed by atoms with Crippen LogP contribution in [0.3, 0.4) is 0 Å². The van der Waals surface area contributed by atoms with Gasteiger partial charge in [0.1, 0.15) is 0 Å². The lowest BCUT2D eigenvalue weighted by atomic mass is 10.3. The van der Waals surface area contributed by atoms with Gasteiger partial charge in [-0.3, -0.25) is 0 Å². The maximum atomic E-state index is 4.50. The van der Waals surface area contributed by atoms with E-state index in [1.54, 1.807) is 0 Å². The molecule has 1 aliphatic rings. The summed E-state index contributed by atoms with van der Waals surface area (Å²) in [6.07, 6.45) is 7.28. The van der Waals surface area contributed by atoms with Crippen LogP contribution in [0, 0.1) is 5.92 Å². The molecule has 0 spiro atoms. The smallest absolute Gasteiger partial charge is 0.0195 e. The average Bonchev–Trinajstić information content (AvgIpc) is 2.97. The van der Waals surface area contributed by atoms with Crippen molar-refractivity contribution in [3.63, 3.8) is 0 Å². The maximum absolute atomic E-state index is 4.50. The Morgan fingerprint density at radius 3 is 1.62 bits per heavy atom. The highest BCUT2D eigenvalue weighted by molar-refractivity contribution is 4.65. The number of unbranched alkanes of at least 4 members (excludes halogenated alkanes) is 1. The predicted molar refractivity (Wildman–Crippen MR) is 65.0 cm³/mol. The molecule has 1 rings (SSSR count). The molecule has 0 unspecified atom stereocenters. The number of hydrogen-bond donors (Lipinski definition) is 1. The standard InChI is InChI=1S/C5H10.C4H8.C2H6.CH5N/c1-3-5-4-2;1-4-2-3-4;2*1-2/h3H,1,4-5H2,2H3;4H,2-3H2,1H3;1-2H3;2H2,1H3. The molecule has 0 atom stereocenters. The largest absolute Gasteiger partial charge is 0.333 e. The Morgan fingerprint density at radius 1 is 1.31 bits per heavy atom. The molecule has 0 bridgehead atoms. The second-order valence-electron chi connectivity index (χ2n) is 2.76. The summed E-state index contributed by atoms with van der Waals surface area (Å²) in [7, 11) is 1.50. The average molecular weight is 187 g/mol. The Morgan fingerprint density at radius 2 is 1.62 bits per heavy atom. The number of hydrogen-bond acceptors (Lipinski definition) is 1. The lowest BCUT2D eigenvalue weighted by Gasteiger charge is -1.72. The molecule has 0 radical (unpaired) electrons. The molecule has 1 heteroatoms. The van der Waals surface area contributed by atoms with E-state index in [1.807, 2.05) is 19.9 Å². The van der Waals surface area contributed by atoms with Crippen LogP contribution in [0.4, 0.5) is 0 Å². The molecule has 0 heterocycles. The molecular weight excluding hydrogens is 158 g/mol. The first-order chi connectivity index (χ1) is 6.31. The lowest BCUT2D eigenvalue weighted by Crippen LogP contribution is -1.69. The summed E-state index contributed by atoms with van der Waals surface area (Å²) in [5.41, 5.74) is 4.50. The third-order valence-electron chi connectivity index (χ3n) is 1.36.